The lowest BCUT2D eigenvalue weighted by Gasteiger charge is -2.09. The number of hydrogen-bond donors (Lipinski definition) is 1. The number of anilines is 1. The number of benzene rings is 1. The molecule has 0 fully saturated rings. The monoisotopic (exact) mass is 308 g/mol. The molecular weight excluding hydrogens is 292 g/mol. The van der Waals surface area contributed by atoms with Gasteiger partial charge in [0.2, 0.25) is 0 Å². The standard InChI is InChI=1S/C14H16N2O4S/c1-21(18,19)13-5-3-12(4-6-13)20-9-8-16-10-11(15)2-7-14(16)17/h2-7,10H,8-9,15H2,1H3. The summed E-state index contributed by atoms with van der Waals surface area (Å²) in [6.07, 6.45) is 2.70. The molecule has 1 aromatic heterocycles. The summed E-state index contributed by atoms with van der Waals surface area (Å²) < 4.78 is 29.6. The van der Waals surface area contributed by atoms with Crippen LogP contribution < -0.4 is 16.0 Å². The van der Waals surface area contributed by atoms with Crippen molar-refractivity contribution in [2.24, 2.45) is 0 Å². The number of rotatable bonds is 5. The van der Waals surface area contributed by atoms with E-state index in [4.69, 9.17) is 10.5 Å². The largest absolute Gasteiger partial charge is 0.492 e. The van der Waals surface area contributed by atoms with Gasteiger partial charge in [0.1, 0.15) is 12.4 Å². The van der Waals surface area contributed by atoms with Gasteiger partial charge in [0.05, 0.1) is 11.4 Å². The second-order valence-corrected chi connectivity index (χ2v) is 6.60. The Morgan fingerprint density at radius 1 is 1.14 bits per heavy atom. The second-order valence-electron chi connectivity index (χ2n) is 4.59. The maximum atomic E-state index is 11.6. The molecule has 0 aliphatic rings. The van der Waals surface area contributed by atoms with Crippen LogP contribution >= 0.6 is 0 Å². The lowest BCUT2D eigenvalue weighted by atomic mass is 10.3. The highest BCUT2D eigenvalue weighted by Gasteiger charge is 2.06. The van der Waals surface area contributed by atoms with E-state index in [-0.39, 0.29) is 17.1 Å². The molecule has 7 heteroatoms. The molecule has 0 spiro atoms. The van der Waals surface area contributed by atoms with E-state index >= 15 is 0 Å². The zero-order valence-corrected chi connectivity index (χ0v) is 12.3. The smallest absolute Gasteiger partial charge is 0.250 e. The van der Waals surface area contributed by atoms with E-state index in [9.17, 15) is 13.2 Å². The third-order valence-electron chi connectivity index (χ3n) is 2.86. The number of ether oxygens (including phenoxy) is 1. The molecule has 6 nitrogen and oxygen atoms in total. The highest BCUT2D eigenvalue weighted by atomic mass is 32.2. The van der Waals surface area contributed by atoms with E-state index in [0.717, 1.165) is 6.26 Å². The average molecular weight is 308 g/mol. The van der Waals surface area contributed by atoms with Gasteiger partial charge >= 0.3 is 0 Å². The van der Waals surface area contributed by atoms with Crippen LogP contribution in [0.15, 0.2) is 52.3 Å². The van der Waals surface area contributed by atoms with Crippen LogP contribution in [-0.4, -0.2) is 25.8 Å². The third kappa shape index (κ3) is 4.09. The van der Waals surface area contributed by atoms with Gasteiger partial charge in [-0.3, -0.25) is 4.79 Å². The third-order valence-corrected chi connectivity index (χ3v) is 3.99. The summed E-state index contributed by atoms with van der Waals surface area (Å²) in [7, 11) is -3.21. The molecule has 0 aliphatic heterocycles. The molecule has 0 radical (unpaired) electrons. The SMILES string of the molecule is CS(=O)(=O)c1ccc(OCCn2cc(N)ccc2=O)cc1. The first kappa shape index (κ1) is 15.1. The average Bonchev–Trinajstić information content (AvgIpc) is 2.42. The van der Waals surface area contributed by atoms with Crippen LogP contribution in [0.2, 0.25) is 0 Å². The predicted molar refractivity (Wildman–Crippen MR) is 80.2 cm³/mol. The maximum Gasteiger partial charge on any atom is 0.250 e. The van der Waals surface area contributed by atoms with Crippen molar-refractivity contribution in [3.05, 3.63) is 52.9 Å². The Morgan fingerprint density at radius 3 is 2.43 bits per heavy atom. The minimum Gasteiger partial charge on any atom is -0.492 e. The molecule has 1 heterocycles. The van der Waals surface area contributed by atoms with Crippen LogP contribution in [0.4, 0.5) is 5.69 Å². The fourth-order valence-electron chi connectivity index (χ4n) is 1.77. The van der Waals surface area contributed by atoms with Gasteiger partial charge in [0.15, 0.2) is 9.84 Å². The van der Waals surface area contributed by atoms with Crippen molar-refractivity contribution >= 4 is 15.5 Å². The molecule has 112 valence electrons. The molecule has 21 heavy (non-hydrogen) atoms. The molecule has 2 aromatic rings. The minimum absolute atomic E-state index is 0.153. The topological polar surface area (TPSA) is 91.4 Å². The van der Waals surface area contributed by atoms with Crippen LogP contribution in [0.25, 0.3) is 0 Å². The number of nitrogens with two attached hydrogens (primary N) is 1. The quantitative estimate of drug-likeness (QED) is 0.886. The van der Waals surface area contributed by atoms with Gasteiger partial charge in [-0.1, -0.05) is 0 Å². The van der Waals surface area contributed by atoms with E-state index < -0.39 is 9.84 Å². The van der Waals surface area contributed by atoms with Gasteiger partial charge in [0.25, 0.3) is 5.56 Å². The normalized spacial score (nSPS) is 11.3. The van der Waals surface area contributed by atoms with Crippen LogP contribution in [0.5, 0.6) is 5.75 Å². The molecule has 1 aromatic carbocycles. The van der Waals surface area contributed by atoms with Crippen LogP contribution in [0.1, 0.15) is 0 Å². The Balaban J connectivity index is 1.98. The van der Waals surface area contributed by atoms with Crippen molar-refractivity contribution in [2.75, 3.05) is 18.6 Å². The van der Waals surface area contributed by atoms with Gasteiger partial charge in [-0.2, -0.15) is 0 Å². The molecule has 0 saturated carbocycles. The molecule has 0 saturated heterocycles. The van der Waals surface area contributed by atoms with Crippen molar-refractivity contribution in [2.45, 2.75) is 11.4 Å². The van der Waals surface area contributed by atoms with E-state index in [0.29, 0.717) is 18.0 Å². The minimum atomic E-state index is -3.21. The van der Waals surface area contributed by atoms with E-state index in [1.807, 2.05) is 0 Å². The summed E-state index contributed by atoms with van der Waals surface area (Å²) in [6.45, 7) is 0.638. The molecule has 0 bridgehead atoms. The summed E-state index contributed by atoms with van der Waals surface area (Å²) in [4.78, 5) is 11.8. The summed E-state index contributed by atoms with van der Waals surface area (Å²) in [5.41, 5.74) is 5.96. The highest BCUT2D eigenvalue weighted by molar-refractivity contribution is 7.90. The Bertz CT molecular complexity index is 779. The number of nitrogen functional groups attached to an aromatic ring is 1. The Labute approximate surface area is 122 Å². The molecule has 0 amide bonds. The lowest BCUT2D eigenvalue weighted by Crippen LogP contribution is -2.22. The predicted octanol–water partition coefficient (Wildman–Crippen LogP) is 0.913. The first-order valence-corrected chi connectivity index (χ1v) is 8.14. The second kappa shape index (κ2) is 6.01. The molecule has 2 N–H and O–H groups in total. The van der Waals surface area contributed by atoms with E-state index in [1.165, 1.54) is 22.8 Å². The Morgan fingerprint density at radius 2 is 1.81 bits per heavy atom. The zero-order chi connectivity index (χ0) is 15.5. The summed E-state index contributed by atoms with van der Waals surface area (Å²) in [6, 6.07) is 9.07. The number of pyridine rings is 1. The van der Waals surface area contributed by atoms with Crippen molar-refractivity contribution in [3.63, 3.8) is 0 Å². The van der Waals surface area contributed by atoms with E-state index in [2.05, 4.69) is 0 Å². The van der Waals surface area contributed by atoms with Crippen molar-refractivity contribution in [3.8, 4) is 5.75 Å². The van der Waals surface area contributed by atoms with Gasteiger partial charge in [-0.15, -0.1) is 0 Å². The Kier molecular flexibility index (Phi) is 4.32. The molecule has 2 rings (SSSR count). The van der Waals surface area contributed by atoms with E-state index in [1.54, 1.807) is 24.4 Å². The number of nitrogens with zero attached hydrogens (tertiary/aromatic N) is 1. The summed E-state index contributed by atoms with van der Waals surface area (Å²) in [5.74, 6) is 0.541. The zero-order valence-electron chi connectivity index (χ0n) is 11.5. The van der Waals surface area contributed by atoms with Crippen molar-refractivity contribution in [1.29, 1.82) is 0 Å². The van der Waals surface area contributed by atoms with Gasteiger partial charge < -0.3 is 15.0 Å². The first-order valence-electron chi connectivity index (χ1n) is 6.25. The fourth-order valence-corrected chi connectivity index (χ4v) is 2.40. The fraction of sp³-hybridized carbons (Fsp3) is 0.214. The summed E-state index contributed by atoms with van der Waals surface area (Å²) >= 11 is 0. The molecule has 0 aliphatic carbocycles. The molecule has 0 unspecified atom stereocenters. The lowest BCUT2D eigenvalue weighted by molar-refractivity contribution is 0.296. The van der Waals surface area contributed by atoms with Crippen molar-refractivity contribution in [1.82, 2.24) is 4.57 Å². The number of hydrogen-bond acceptors (Lipinski definition) is 5. The van der Waals surface area contributed by atoms with Crippen molar-refractivity contribution < 1.29 is 13.2 Å². The number of sulfone groups is 1. The molecular formula is C14H16N2O4S. The number of aromatic nitrogens is 1. The van der Waals surface area contributed by atoms with Crippen LogP contribution in [0.3, 0.4) is 0 Å². The maximum absolute atomic E-state index is 11.6. The van der Waals surface area contributed by atoms with Gasteiger partial charge in [-0.05, 0) is 30.3 Å². The van der Waals surface area contributed by atoms with Gasteiger partial charge in [-0.25, -0.2) is 8.42 Å². The summed E-state index contributed by atoms with van der Waals surface area (Å²) in [5, 5.41) is 0. The highest BCUT2D eigenvalue weighted by Crippen LogP contribution is 2.15. The van der Waals surface area contributed by atoms with Crippen LogP contribution in [-0.2, 0) is 16.4 Å². The first-order chi connectivity index (χ1) is 9.86. The Hall–Kier alpha value is -2.28. The molecule has 0 atom stereocenters. The van der Waals surface area contributed by atoms with Gasteiger partial charge in [0, 0.05) is 24.2 Å². The van der Waals surface area contributed by atoms with Crippen LogP contribution in [0, 0.1) is 0 Å².